The Morgan fingerprint density at radius 2 is 1.89 bits per heavy atom. The molecule has 198 valence electrons. The number of carbonyl (C=O) groups is 3. The topological polar surface area (TPSA) is 129 Å². The van der Waals surface area contributed by atoms with E-state index in [1.165, 1.54) is 0 Å². The second-order valence-corrected chi connectivity index (χ2v) is 11.8. The third kappa shape index (κ3) is 3.48. The fourth-order valence-corrected chi connectivity index (χ4v) is 9.28. The Bertz CT molecular complexity index is 1400. The molecule has 3 aliphatic heterocycles. The second kappa shape index (κ2) is 9.39. The van der Waals surface area contributed by atoms with Gasteiger partial charge in [-0.25, -0.2) is 4.68 Å². The second-order valence-electron chi connectivity index (χ2n) is 10.3. The summed E-state index contributed by atoms with van der Waals surface area (Å²) in [5.41, 5.74) is 2.24. The maximum absolute atomic E-state index is 14.3. The van der Waals surface area contributed by atoms with E-state index in [0.29, 0.717) is 0 Å². The fourth-order valence-electron chi connectivity index (χ4n) is 6.87. The van der Waals surface area contributed by atoms with Crippen LogP contribution in [0.5, 0.6) is 0 Å². The summed E-state index contributed by atoms with van der Waals surface area (Å²) >= 11 is 1.60. The third-order valence-electron chi connectivity index (χ3n) is 8.50. The molecule has 1 spiro atoms. The van der Waals surface area contributed by atoms with Crippen molar-refractivity contribution in [3.05, 3.63) is 60.2 Å². The smallest absolute Gasteiger partial charge is 0.245 e. The highest BCUT2D eigenvalue weighted by molar-refractivity contribution is 8.02. The summed E-state index contributed by atoms with van der Waals surface area (Å²) in [5.74, 6) is -1.91. The Kier molecular flexibility index (Phi) is 6.14. The molecule has 7 atom stereocenters. The predicted octanol–water partition coefficient (Wildman–Crippen LogP) is 1.32. The molecule has 2 aromatic carbocycles. The molecule has 3 aliphatic rings. The molecule has 0 radical (unpaired) electrons. The standard InChI is InChI=1S/C27H30N6O4S/c1-15-12-20-21(24(35)28-2)22-26(37)33(19(13-34)16-8-4-3-5-9-16)23(27(15,22)38-20)25(36)29-14-32-18-11-7-6-10-17(18)30-31-32/h3-11,15,19-23,34H,12-14H2,1-2H3,(H,28,35)(H,29,36)/t15?,19-,20+,21-,22+,23?,27?/m1/s1. The van der Waals surface area contributed by atoms with Gasteiger partial charge in [0.1, 0.15) is 18.2 Å². The molecule has 11 heteroatoms. The molecular weight excluding hydrogens is 504 g/mol. The normalized spacial score (nSPS) is 30.4. The number of aromatic nitrogens is 3. The van der Waals surface area contributed by atoms with Gasteiger partial charge in [0, 0.05) is 12.3 Å². The summed E-state index contributed by atoms with van der Waals surface area (Å²) in [7, 11) is 1.58. The summed E-state index contributed by atoms with van der Waals surface area (Å²) in [6, 6.07) is 15.1. The van der Waals surface area contributed by atoms with Gasteiger partial charge >= 0.3 is 0 Å². The number of thioether (sulfide) groups is 1. The lowest BCUT2D eigenvalue weighted by molar-refractivity contribution is -0.143. The van der Waals surface area contributed by atoms with E-state index in [4.69, 9.17) is 0 Å². The van der Waals surface area contributed by atoms with Crippen molar-refractivity contribution in [1.29, 1.82) is 0 Å². The van der Waals surface area contributed by atoms with Gasteiger partial charge in [-0.2, -0.15) is 0 Å². The van der Waals surface area contributed by atoms with E-state index in [-0.39, 0.29) is 42.2 Å². The van der Waals surface area contributed by atoms with E-state index < -0.39 is 28.7 Å². The van der Waals surface area contributed by atoms with Gasteiger partial charge < -0.3 is 20.6 Å². The Morgan fingerprint density at radius 1 is 1.16 bits per heavy atom. The van der Waals surface area contributed by atoms with Crippen LogP contribution in [-0.2, 0) is 21.1 Å². The number of carbonyl (C=O) groups excluding carboxylic acids is 3. The highest BCUT2D eigenvalue weighted by Gasteiger charge is 2.76. The highest BCUT2D eigenvalue weighted by atomic mass is 32.2. The van der Waals surface area contributed by atoms with Crippen molar-refractivity contribution in [3.8, 4) is 0 Å². The summed E-state index contributed by atoms with van der Waals surface area (Å²) in [5, 5.41) is 24.6. The summed E-state index contributed by atoms with van der Waals surface area (Å²) in [4.78, 5) is 43.0. The number of benzene rings is 2. The van der Waals surface area contributed by atoms with Crippen LogP contribution in [0.25, 0.3) is 11.0 Å². The minimum Gasteiger partial charge on any atom is -0.394 e. The first-order valence-electron chi connectivity index (χ1n) is 12.9. The van der Waals surface area contributed by atoms with Gasteiger partial charge in [-0.05, 0) is 30.0 Å². The zero-order chi connectivity index (χ0) is 26.6. The van der Waals surface area contributed by atoms with Crippen LogP contribution < -0.4 is 10.6 Å². The van der Waals surface area contributed by atoms with Gasteiger partial charge in [0.2, 0.25) is 17.7 Å². The van der Waals surface area contributed by atoms with Crippen LogP contribution in [0.15, 0.2) is 54.6 Å². The average Bonchev–Trinajstić information content (AvgIpc) is 3.66. The van der Waals surface area contributed by atoms with E-state index in [2.05, 4.69) is 27.9 Å². The lowest BCUT2D eigenvalue weighted by atomic mass is 9.66. The van der Waals surface area contributed by atoms with Gasteiger partial charge in [0.05, 0.1) is 34.7 Å². The average molecular weight is 535 g/mol. The molecule has 3 amide bonds. The van der Waals surface area contributed by atoms with Gasteiger partial charge in [-0.3, -0.25) is 14.4 Å². The first kappa shape index (κ1) is 24.9. The number of fused-ring (bicyclic) bond motifs is 2. The monoisotopic (exact) mass is 534 g/mol. The van der Waals surface area contributed by atoms with Crippen molar-refractivity contribution in [2.75, 3.05) is 13.7 Å². The van der Waals surface area contributed by atoms with Crippen LogP contribution in [0.1, 0.15) is 24.9 Å². The zero-order valence-electron chi connectivity index (χ0n) is 21.2. The molecule has 4 heterocycles. The van der Waals surface area contributed by atoms with E-state index in [1.807, 2.05) is 54.6 Å². The van der Waals surface area contributed by atoms with Crippen LogP contribution in [0, 0.1) is 17.8 Å². The van der Waals surface area contributed by atoms with Crippen molar-refractivity contribution in [3.63, 3.8) is 0 Å². The van der Waals surface area contributed by atoms with Crippen LogP contribution in [0.3, 0.4) is 0 Å². The van der Waals surface area contributed by atoms with Gasteiger partial charge in [0.15, 0.2) is 0 Å². The Labute approximate surface area is 224 Å². The van der Waals surface area contributed by atoms with Crippen molar-refractivity contribution < 1.29 is 19.5 Å². The zero-order valence-corrected chi connectivity index (χ0v) is 22.0. The Balaban J connectivity index is 1.40. The van der Waals surface area contributed by atoms with Crippen LogP contribution >= 0.6 is 11.8 Å². The van der Waals surface area contributed by atoms with Gasteiger partial charge in [-0.15, -0.1) is 16.9 Å². The molecule has 1 aromatic heterocycles. The first-order chi connectivity index (χ1) is 18.4. The molecule has 3 unspecified atom stereocenters. The number of para-hydroxylation sites is 1. The molecule has 6 rings (SSSR count). The highest BCUT2D eigenvalue weighted by Crippen LogP contribution is 2.69. The van der Waals surface area contributed by atoms with Crippen LogP contribution in [-0.4, -0.2) is 72.4 Å². The molecule has 3 fully saturated rings. The van der Waals surface area contributed by atoms with Gasteiger partial charge in [-0.1, -0.05) is 54.6 Å². The van der Waals surface area contributed by atoms with Crippen LogP contribution in [0.4, 0.5) is 0 Å². The molecule has 0 aliphatic carbocycles. The number of likely N-dealkylation sites (tertiary alicyclic amines) is 1. The van der Waals surface area contributed by atoms with Gasteiger partial charge in [0.25, 0.3) is 0 Å². The van der Waals surface area contributed by atoms with E-state index >= 15 is 0 Å². The summed E-state index contributed by atoms with van der Waals surface area (Å²) in [6.45, 7) is 1.80. The van der Waals surface area contributed by atoms with Crippen molar-refractivity contribution in [2.45, 2.75) is 42.1 Å². The molecule has 3 saturated heterocycles. The van der Waals surface area contributed by atoms with E-state index in [9.17, 15) is 19.5 Å². The number of amides is 3. The summed E-state index contributed by atoms with van der Waals surface area (Å²) in [6.07, 6.45) is 0.743. The summed E-state index contributed by atoms with van der Waals surface area (Å²) < 4.78 is 0.829. The largest absolute Gasteiger partial charge is 0.394 e. The predicted molar refractivity (Wildman–Crippen MR) is 142 cm³/mol. The lowest BCUT2D eigenvalue weighted by Crippen LogP contribution is -2.57. The lowest BCUT2D eigenvalue weighted by Gasteiger charge is -2.40. The van der Waals surface area contributed by atoms with Crippen molar-refractivity contribution in [2.24, 2.45) is 17.8 Å². The maximum atomic E-state index is 14.3. The molecule has 38 heavy (non-hydrogen) atoms. The van der Waals surface area contributed by atoms with Crippen molar-refractivity contribution >= 4 is 40.5 Å². The molecule has 0 saturated carbocycles. The van der Waals surface area contributed by atoms with E-state index in [0.717, 1.165) is 23.0 Å². The molecule has 2 bridgehead atoms. The number of nitrogens with one attached hydrogen (secondary N) is 2. The number of aliphatic hydroxyl groups is 1. The number of nitrogens with zero attached hydrogens (tertiary/aromatic N) is 4. The number of aliphatic hydroxyl groups excluding tert-OH is 1. The number of rotatable bonds is 7. The minimum atomic E-state index is -0.869. The third-order valence-corrected chi connectivity index (χ3v) is 10.6. The molecular formula is C27H30N6O4S. The van der Waals surface area contributed by atoms with Crippen LogP contribution in [0.2, 0.25) is 0 Å². The maximum Gasteiger partial charge on any atom is 0.245 e. The van der Waals surface area contributed by atoms with E-state index in [1.54, 1.807) is 28.4 Å². The number of hydrogen-bond acceptors (Lipinski definition) is 7. The Hall–Kier alpha value is -3.44. The first-order valence-corrected chi connectivity index (χ1v) is 13.7. The SMILES string of the molecule is CNC(=O)[C@@H]1[C@@H]2CC(C)C3(S2)C(C(=O)NCn2nnc4ccccc42)N([C@H](CO)c2ccccc2)C(=O)[C@H]13. The molecule has 10 nitrogen and oxygen atoms in total. The molecule has 3 N–H and O–H groups in total. The van der Waals surface area contributed by atoms with Crippen molar-refractivity contribution in [1.82, 2.24) is 30.5 Å². The Morgan fingerprint density at radius 3 is 2.63 bits per heavy atom. The fraction of sp³-hybridized carbons (Fsp3) is 0.444. The minimum absolute atomic E-state index is 0.0235. The number of hydrogen-bond donors (Lipinski definition) is 3. The molecule has 3 aromatic rings. The quantitative estimate of drug-likeness (QED) is 0.417.